The van der Waals surface area contributed by atoms with Gasteiger partial charge in [0, 0.05) is 0 Å². The summed E-state index contributed by atoms with van der Waals surface area (Å²) in [4.78, 5) is 0. The highest BCUT2D eigenvalue weighted by atomic mass is 16.5. The van der Waals surface area contributed by atoms with Crippen LogP contribution in [0, 0.1) is 6.92 Å². The zero-order valence-electron chi connectivity index (χ0n) is 11.6. The molecule has 2 aromatic rings. The van der Waals surface area contributed by atoms with Crippen molar-refractivity contribution >= 4 is 0 Å². The van der Waals surface area contributed by atoms with E-state index in [1.165, 1.54) is 5.56 Å². The van der Waals surface area contributed by atoms with Crippen molar-refractivity contribution in [1.29, 1.82) is 0 Å². The van der Waals surface area contributed by atoms with Gasteiger partial charge in [-0.25, -0.2) is 4.68 Å². The average Bonchev–Trinajstić information content (AvgIpc) is 2.96. The van der Waals surface area contributed by atoms with Gasteiger partial charge in [0.05, 0.1) is 6.04 Å². The molecular weight excluding hydrogens is 254 g/mol. The van der Waals surface area contributed by atoms with E-state index in [4.69, 9.17) is 4.74 Å². The van der Waals surface area contributed by atoms with E-state index in [2.05, 4.69) is 27.8 Å². The fourth-order valence-corrected chi connectivity index (χ4v) is 2.42. The minimum atomic E-state index is 0.378. The summed E-state index contributed by atoms with van der Waals surface area (Å²) in [7, 11) is 0. The normalized spacial score (nSPS) is 16.2. The lowest BCUT2D eigenvalue weighted by Crippen LogP contribution is -2.30. The minimum Gasteiger partial charge on any atom is -0.486 e. The van der Waals surface area contributed by atoms with Crippen molar-refractivity contribution in [2.75, 3.05) is 13.1 Å². The largest absolute Gasteiger partial charge is 0.486 e. The molecule has 1 aliphatic rings. The van der Waals surface area contributed by atoms with E-state index in [1.54, 1.807) is 0 Å². The molecule has 0 bridgehead atoms. The van der Waals surface area contributed by atoms with E-state index in [1.807, 2.05) is 28.9 Å². The first kappa shape index (κ1) is 13.1. The molecule has 1 N–H and O–H groups in total. The quantitative estimate of drug-likeness (QED) is 0.914. The summed E-state index contributed by atoms with van der Waals surface area (Å²) in [5.74, 6) is 1.63. The average molecular weight is 273 g/mol. The number of tetrazole rings is 1. The van der Waals surface area contributed by atoms with Gasteiger partial charge in [-0.1, -0.05) is 17.7 Å². The molecule has 1 aromatic heterocycles. The summed E-state index contributed by atoms with van der Waals surface area (Å²) < 4.78 is 7.67. The second kappa shape index (κ2) is 6.00. The van der Waals surface area contributed by atoms with Gasteiger partial charge < -0.3 is 10.1 Å². The monoisotopic (exact) mass is 273 g/mol. The molecular formula is C14H19N5O. The van der Waals surface area contributed by atoms with Crippen LogP contribution >= 0.6 is 0 Å². The molecule has 20 heavy (non-hydrogen) atoms. The van der Waals surface area contributed by atoms with Gasteiger partial charge in [-0.2, -0.15) is 0 Å². The van der Waals surface area contributed by atoms with Crippen molar-refractivity contribution in [3.8, 4) is 5.75 Å². The SMILES string of the molecule is Cc1ccc(OCc2nnnn2C2CCNCC2)cc1. The van der Waals surface area contributed by atoms with Gasteiger partial charge in [0.2, 0.25) is 0 Å². The van der Waals surface area contributed by atoms with E-state index in [0.29, 0.717) is 12.6 Å². The molecule has 0 aliphatic carbocycles. The number of aromatic nitrogens is 4. The van der Waals surface area contributed by atoms with Crippen LogP contribution in [0.1, 0.15) is 30.3 Å². The molecule has 6 heteroatoms. The van der Waals surface area contributed by atoms with Gasteiger partial charge in [-0.15, -0.1) is 5.10 Å². The molecule has 1 saturated heterocycles. The zero-order valence-corrected chi connectivity index (χ0v) is 11.6. The van der Waals surface area contributed by atoms with Crippen molar-refractivity contribution in [2.24, 2.45) is 0 Å². The van der Waals surface area contributed by atoms with Gasteiger partial charge >= 0.3 is 0 Å². The van der Waals surface area contributed by atoms with Crippen LogP contribution in [0.2, 0.25) is 0 Å². The predicted molar refractivity (Wildman–Crippen MR) is 74.5 cm³/mol. The molecule has 2 heterocycles. The Hall–Kier alpha value is -1.95. The summed E-state index contributed by atoms with van der Waals surface area (Å²) in [6.07, 6.45) is 2.12. The molecule has 0 saturated carbocycles. The highest BCUT2D eigenvalue weighted by Gasteiger charge is 2.19. The lowest BCUT2D eigenvalue weighted by atomic mass is 10.1. The molecule has 0 spiro atoms. The van der Waals surface area contributed by atoms with Crippen LogP contribution in [0.4, 0.5) is 0 Å². The number of hydrogen-bond donors (Lipinski definition) is 1. The first-order valence-electron chi connectivity index (χ1n) is 7.00. The molecule has 1 fully saturated rings. The summed E-state index contributed by atoms with van der Waals surface area (Å²) in [5, 5.41) is 15.3. The van der Waals surface area contributed by atoms with Crippen LogP contribution in [-0.4, -0.2) is 33.3 Å². The smallest absolute Gasteiger partial charge is 0.189 e. The molecule has 6 nitrogen and oxygen atoms in total. The number of nitrogens with one attached hydrogen (secondary N) is 1. The number of piperidine rings is 1. The van der Waals surface area contributed by atoms with Crippen LogP contribution in [0.3, 0.4) is 0 Å². The number of aryl methyl sites for hydroxylation is 1. The maximum atomic E-state index is 5.76. The Morgan fingerprint density at radius 3 is 2.75 bits per heavy atom. The highest BCUT2D eigenvalue weighted by Crippen LogP contribution is 2.19. The van der Waals surface area contributed by atoms with E-state index >= 15 is 0 Å². The van der Waals surface area contributed by atoms with Crippen molar-refractivity contribution in [1.82, 2.24) is 25.5 Å². The first-order chi connectivity index (χ1) is 9.83. The number of ether oxygens (including phenoxy) is 1. The third-order valence-electron chi connectivity index (χ3n) is 3.60. The van der Waals surface area contributed by atoms with Gasteiger partial charge in [0.25, 0.3) is 0 Å². The third kappa shape index (κ3) is 2.96. The van der Waals surface area contributed by atoms with E-state index in [9.17, 15) is 0 Å². The van der Waals surface area contributed by atoms with E-state index in [-0.39, 0.29) is 0 Å². The zero-order chi connectivity index (χ0) is 13.8. The summed E-state index contributed by atoms with van der Waals surface area (Å²) in [6.45, 7) is 4.49. The molecule has 0 unspecified atom stereocenters. The highest BCUT2D eigenvalue weighted by molar-refractivity contribution is 5.26. The van der Waals surface area contributed by atoms with Gasteiger partial charge in [0.15, 0.2) is 5.82 Å². The Kier molecular flexibility index (Phi) is 3.92. The van der Waals surface area contributed by atoms with Crippen LogP contribution < -0.4 is 10.1 Å². The number of nitrogens with zero attached hydrogens (tertiary/aromatic N) is 4. The van der Waals surface area contributed by atoms with Crippen LogP contribution in [0.5, 0.6) is 5.75 Å². The van der Waals surface area contributed by atoms with Crippen LogP contribution in [0.25, 0.3) is 0 Å². The molecule has 0 amide bonds. The second-order valence-electron chi connectivity index (χ2n) is 5.12. The summed E-state index contributed by atoms with van der Waals surface area (Å²) in [6, 6.07) is 8.38. The van der Waals surface area contributed by atoms with Crippen LogP contribution in [-0.2, 0) is 6.61 Å². The van der Waals surface area contributed by atoms with E-state index < -0.39 is 0 Å². The molecule has 3 rings (SSSR count). The summed E-state index contributed by atoms with van der Waals surface area (Å²) in [5.41, 5.74) is 1.22. The molecule has 106 valence electrons. The molecule has 1 aromatic carbocycles. The lowest BCUT2D eigenvalue weighted by Gasteiger charge is -2.23. The van der Waals surface area contributed by atoms with E-state index in [0.717, 1.165) is 37.5 Å². The Labute approximate surface area is 118 Å². The summed E-state index contributed by atoms with van der Waals surface area (Å²) >= 11 is 0. The first-order valence-corrected chi connectivity index (χ1v) is 7.00. The molecule has 1 aliphatic heterocycles. The van der Waals surface area contributed by atoms with Crippen molar-refractivity contribution in [2.45, 2.75) is 32.4 Å². The number of benzene rings is 1. The van der Waals surface area contributed by atoms with Gasteiger partial charge in [0.1, 0.15) is 12.4 Å². The maximum absolute atomic E-state index is 5.76. The third-order valence-corrected chi connectivity index (χ3v) is 3.60. The molecule has 0 atom stereocenters. The lowest BCUT2D eigenvalue weighted by molar-refractivity contribution is 0.264. The minimum absolute atomic E-state index is 0.378. The second-order valence-corrected chi connectivity index (χ2v) is 5.12. The Morgan fingerprint density at radius 2 is 2.00 bits per heavy atom. The van der Waals surface area contributed by atoms with Crippen molar-refractivity contribution in [3.63, 3.8) is 0 Å². The fraction of sp³-hybridized carbons (Fsp3) is 0.500. The Morgan fingerprint density at radius 1 is 1.25 bits per heavy atom. The Balaban J connectivity index is 1.65. The van der Waals surface area contributed by atoms with Gasteiger partial charge in [-0.3, -0.25) is 0 Å². The Bertz CT molecular complexity index is 545. The number of rotatable bonds is 4. The van der Waals surface area contributed by atoms with Crippen LogP contribution in [0.15, 0.2) is 24.3 Å². The van der Waals surface area contributed by atoms with Crippen molar-refractivity contribution < 1.29 is 4.74 Å². The standard InChI is InChI=1S/C14H19N5O/c1-11-2-4-13(5-3-11)20-10-14-16-17-18-19(14)12-6-8-15-9-7-12/h2-5,12,15H,6-10H2,1H3. The van der Waals surface area contributed by atoms with Crippen molar-refractivity contribution in [3.05, 3.63) is 35.7 Å². The number of hydrogen-bond acceptors (Lipinski definition) is 5. The molecule has 0 radical (unpaired) electrons. The topological polar surface area (TPSA) is 64.9 Å². The fourth-order valence-electron chi connectivity index (χ4n) is 2.42. The van der Waals surface area contributed by atoms with Gasteiger partial charge in [-0.05, 0) is 55.4 Å². The maximum Gasteiger partial charge on any atom is 0.189 e. The predicted octanol–water partition coefficient (Wildman–Crippen LogP) is 1.49.